The number of aromatic nitrogens is 3. The number of pyridine rings is 1. The fourth-order valence-electron chi connectivity index (χ4n) is 1.83. The highest BCUT2D eigenvalue weighted by atomic mass is 35.5. The molecule has 2 rings (SSSR count). The van der Waals surface area contributed by atoms with Crippen LogP contribution in [0.15, 0.2) is 30.7 Å². The van der Waals surface area contributed by atoms with E-state index in [1.54, 1.807) is 24.5 Å². The molecule has 2 aromatic heterocycles. The van der Waals surface area contributed by atoms with E-state index >= 15 is 0 Å². The van der Waals surface area contributed by atoms with Crippen LogP contribution in [-0.4, -0.2) is 34.6 Å². The number of rotatable bonds is 7. The molecule has 0 unspecified atom stereocenters. The molecule has 0 aliphatic rings. The normalized spacial score (nSPS) is 11.5. The smallest absolute Gasteiger partial charge is 0.232 e. The number of anilines is 1. The van der Waals surface area contributed by atoms with E-state index < -0.39 is 10.0 Å². The number of aryl methyl sites for hydroxylation is 1. The van der Waals surface area contributed by atoms with Gasteiger partial charge in [0.1, 0.15) is 11.6 Å². The first-order chi connectivity index (χ1) is 10.0. The summed E-state index contributed by atoms with van der Waals surface area (Å²) in [7, 11) is -3.35. The maximum Gasteiger partial charge on any atom is 0.232 e. The van der Waals surface area contributed by atoms with Crippen molar-refractivity contribution in [1.29, 1.82) is 0 Å². The Labute approximate surface area is 129 Å². The molecule has 0 aliphatic heterocycles. The lowest BCUT2D eigenvalue weighted by Gasteiger charge is -2.09. The number of sulfonamides is 1. The lowest BCUT2D eigenvalue weighted by molar-refractivity contribution is 0.598. The summed E-state index contributed by atoms with van der Waals surface area (Å²) in [5, 5.41) is 0. The van der Waals surface area contributed by atoms with Gasteiger partial charge >= 0.3 is 0 Å². The summed E-state index contributed by atoms with van der Waals surface area (Å²) in [5.41, 5.74) is 0.447. The van der Waals surface area contributed by atoms with E-state index in [1.165, 1.54) is 6.20 Å². The maximum absolute atomic E-state index is 11.8. The summed E-state index contributed by atoms with van der Waals surface area (Å²) in [6, 6.07) is 3.42. The first-order valence-corrected chi connectivity index (χ1v) is 8.73. The van der Waals surface area contributed by atoms with Crippen LogP contribution in [0.2, 0.25) is 0 Å². The lowest BCUT2D eigenvalue weighted by atomic mass is 10.4. The molecule has 0 saturated heterocycles. The number of imidazole rings is 1. The summed E-state index contributed by atoms with van der Waals surface area (Å²) in [4.78, 5) is 8.35. The fourth-order valence-corrected chi connectivity index (χ4v) is 3.18. The number of nitrogens with zero attached hydrogens (tertiary/aromatic N) is 3. The second-order valence-corrected chi connectivity index (χ2v) is 6.79. The molecule has 6 nitrogen and oxygen atoms in total. The van der Waals surface area contributed by atoms with Crippen molar-refractivity contribution in [3.63, 3.8) is 0 Å². The van der Waals surface area contributed by atoms with Gasteiger partial charge in [0.2, 0.25) is 10.0 Å². The van der Waals surface area contributed by atoms with Gasteiger partial charge in [-0.25, -0.2) is 18.4 Å². The molecule has 0 atom stereocenters. The Bertz CT molecular complexity index is 682. The molecular weight excluding hydrogens is 312 g/mol. The lowest BCUT2D eigenvalue weighted by Crippen LogP contribution is -2.17. The van der Waals surface area contributed by atoms with Gasteiger partial charge in [0.25, 0.3) is 0 Å². The van der Waals surface area contributed by atoms with Gasteiger partial charge in [0, 0.05) is 18.3 Å². The highest BCUT2D eigenvalue weighted by Crippen LogP contribution is 2.13. The highest BCUT2D eigenvalue weighted by Gasteiger charge is 2.10. The third-order valence-electron chi connectivity index (χ3n) is 2.89. The van der Waals surface area contributed by atoms with Crippen LogP contribution in [0.5, 0.6) is 0 Å². The molecule has 0 aromatic carbocycles. The Morgan fingerprint density at radius 3 is 2.67 bits per heavy atom. The summed E-state index contributed by atoms with van der Waals surface area (Å²) in [6.07, 6.45) is 6.20. The molecule has 1 N–H and O–H groups in total. The van der Waals surface area contributed by atoms with Crippen molar-refractivity contribution in [2.75, 3.05) is 16.4 Å². The largest absolute Gasteiger partial charge is 0.288 e. The first kappa shape index (κ1) is 15.8. The summed E-state index contributed by atoms with van der Waals surface area (Å²) in [6.45, 7) is 1.87. The van der Waals surface area contributed by atoms with Crippen molar-refractivity contribution in [3.8, 4) is 5.82 Å². The predicted octanol–water partition coefficient (Wildman–Crippen LogP) is 2.34. The fraction of sp³-hybridized carbons (Fsp3) is 0.385. The molecule has 8 heteroatoms. The molecular formula is C13H17ClN4O2S. The number of alkyl halides is 1. The summed E-state index contributed by atoms with van der Waals surface area (Å²) in [5.74, 6) is 2.03. The Morgan fingerprint density at radius 2 is 2.10 bits per heavy atom. The highest BCUT2D eigenvalue weighted by molar-refractivity contribution is 7.92. The molecule has 0 aliphatic carbocycles. The monoisotopic (exact) mass is 328 g/mol. The molecule has 21 heavy (non-hydrogen) atoms. The number of unbranched alkanes of at least 4 members (excludes halogenated alkanes) is 1. The minimum atomic E-state index is -3.35. The first-order valence-electron chi connectivity index (χ1n) is 6.55. The molecule has 0 bridgehead atoms. The van der Waals surface area contributed by atoms with Crippen LogP contribution in [0, 0.1) is 6.92 Å². The van der Waals surface area contributed by atoms with Gasteiger partial charge in [-0.2, -0.15) is 0 Å². The van der Waals surface area contributed by atoms with Gasteiger partial charge in [0.15, 0.2) is 0 Å². The van der Waals surface area contributed by atoms with Crippen molar-refractivity contribution in [2.24, 2.45) is 0 Å². The second kappa shape index (κ2) is 6.91. The average molecular weight is 329 g/mol. The van der Waals surface area contributed by atoms with E-state index in [0.29, 0.717) is 30.2 Å². The minimum Gasteiger partial charge on any atom is -0.288 e. The van der Waals surface area contributed by atoms with Crippen LogP contribution >= 0.6 is 11.6 Å². The molecule has 0 spiro atoms. The van der Waals surface area contributed by atoms with Crippen LogP contribution in [0.4, 0.5) is 5.69 Å². The topological polar surface area (TPSA) is 76.9 Å². The summed E-state index contributed by atoms with van der Waals surface area (Å²) >= 11 is 5.54. The van der Waals surface area contributed by atoms with E-state index in [1.807, 2.05) is 11.5 Å². The van der Waals surface area contributed by atoms with Crippen LogP contribution in [-0.2, 0) is 10.0 Å². The molecule has 0 amide bonds. The van der Waals surface area contributed by atoms with Crippen molar-refractivity contribution in [1.82, 2.24) is 14.5 Å². The third kappa shape index (κ3) is 4.44. The minimum absolute atomic E-state index is 0.0576. The summed E-state index contributed by atoms with van der Waals surface area (Å²) < 4.78 is 28.0. The molecule has 0 fully saturated rings. The standard InChI is InChI=1S/C13H17ClN4O2S/c1-11-15-7-8-18(11)13-5-4-12(10-16-13)17-21(19,20)9-3-2-6-14/h4-5,7-8,10,17H,2-3,6,9H2,1H3. The van der Waals surface area contributed by atoms with Crippen LogP contribution in [0.25, 0.3) is 5.82 Å². The Morgan fingerprint density at radius 1 is 1.29 bits per heavy atom. The van der Waals surface area contributed by atoms with Gasteiger partial charge in [-0.3, -0.25) is 9.29 Å². The average Bonchev–Trinajstić information content (AvgIpc) is 2.86. The van der Waals surface area contributed by atoms with Gasteiger partial charge < -0.3 is 0 Å². The van der Waals surface area contributed by atoms with Gasteiger partial charge in [-0.15, -0.1) is 11.6 Å². The van der Waals surface area contributed by atoms with E-state index in [9.17, 15) is 8.42 Å². The van der Waals surface area contributed by atoms with Gasteiger partial charge in [0.05, 0.1) is 17.6 Å². The van der Waals surface area contributed by atoms with Gasteiger partial charge in [-0.05, 0) is 31.9 Å². The van der Waals surface area contributed by atoms with Gasteiger partial charge in [-0.1, -0.05) is 0 Å². The number of hydrogen-bond acceptors (Lipinski definition) is 4. The Hall–Kier alpha value is -1.60. The van der Waals surface area contributed by atoms with E-state index in [-0.39, 0.29) is 5.75 Å². The molecule has 0 radical (unpaired) electrons. The molecule has 0 saturated carbocycles. The van der Waals surface area contributed by atoms with Crippen LogP contribution in [0.3, 0.4) is 0 Å². The second-order valence-electron chi connectivity index (χ2n) is 4.57. The Balaban J connectivity index is 2.04. The zero-order valence-electron chi connectivity index (χ0n) is 11.7. The SMILES string of the molecule is Cc1nccn1-c1ccc(NS(=O)(=O)CCCCCl)cn1. The molecule has 2 heterocycles. The van der Waals surface area contributed by atoms with Crippen LogP contribution < -0.4 is 4.72 Å². The van der Waals surface area contributed by atoms with Crippen molar-refractivity contribution in [2.45, 2.75) is 19.8 Å². The molecule has 114 valence electrons. The zero-order chi connectivity index (χ0) is 15.3. The molecule has 2 aromatic rings. The van der Waals surface area contributed by atoms with Crippen molar-refractivity contribution < 1.29 is 8.42 Å². The Kier molecular flexibility index (Phi) is 5.19. The van der Waals surface area contributed by atoms with E-state index in [4.69, 9.17) is 11.6 Å². The third-order valence-corrected chi connectivity index (χ3v) is 4.53. The number of nitrogens with one attached hydrogen (secondary N) is 1. The number of hydrogen-bond donors (Lipinski definition) is 1. The number of halogens is 1. The zero-order valence-corrected chi connectivity index (χ0v) is 13.2. The van der Waals surface area contributed by atoms with Crippen molar-refractivity contribution in [3.05, 3.63) is 36.5 Å². The van der Waals surface area contributed by atoms with Crippen molar-refractivity contribution >= 4 is 27.3 Å². The maximum atomic E-state index is 11.8. The van der Waals surface area contributed by atoms with Crippen LogP contribution in [0.1, 0.15) is 18.7 Å². The predicted molar refractivity (Wildman–Crippen MR) is 83.5 cm³/mol. The quantitative estimate of drug-likeness (QED) is 0.625. The van der Waals surface area contributed by atoms with E-state index in [2.05, 4.69) is 14.7 Å². The van der Waals surface area contributed by atoms with E-state index in [0.717, 1.165) is 5.82 Å².